The van der Waals surface area contributed by atoms with Crippen LogP contribution in [0.15, 0.2) is 42.7 Å². The molecule has 1 aromatic heterocycles. The highest BCUT2D eigenvalue weighted by Crippen LogP contribution is 2.26. The molecule has 2 heterocycles. The van der Waals surface area contributed by atoms with E-state index in [0.29, 0.717) is 12.1 Å². The van der Waals surface area contributed by atoms with Gasteiger partial charge in [-0.05, 0) is 25.3 Å². The lowest BCUT2D eigenvalue weighted by atomic mass is 10.0. The van der Waals surface area contributed by atoms with E-state index in [1.165, 1.54) is 5.56 Å². The molecule has 0 N–H and O–H groups in total. The average Bonchev–Trinajstić information content (AvgIpc) is 3.10. The van der Waals surface area contributed by atoms with Gasteiger partial charge in [0, 0.05) is 38.6 Å². The summed E-state index contributed by atoms with van der Waals surface area (Å²) in [6.07, 6.45) is 6.35. The average molecular weight is 299 g/mol. The molecule has 2 atom stereocenters. The number of hydrogen-bond donors (Lipinski definition) is 0. The van der Waals surface area contributed by atoms with Gasteiger partial charge < -0.3 is 9.30 Å². The van der Waals surface area contributed by atoms with Crippen molar-refractivity contribution in [3.8, 4) is 0 Å². The van der Waals surface area contributed by atoms with Crippen LogP contribution >= 0.6 is 0 Å². The van der Waals surface area contributed by atoms with Gasteiger partial charge in [-0.1, -0.05) is 30.3 Å². The standard InChI is InChI=1S/C18H25N3O/c1-3-22-17-9-11-21(14-18-19-10-12-20(18)2)16(17)13-15-7-5-4-6-8-15/h4-8,10,12,16-17H,3,9,11,13-14H2,1-2H3/t16-,17-/m1/s1. The number of imidazole rings is 1. The Hall–Kier alpha value is -1.65. The molecule has 0 spiro atoms. The van der Waals surface area contributed by atoms with Gasteiger partial charge in [0.05, 0.1) is 12.6 Å². The third-order valence-corrected chi connectivity index (χ3v) is 4.53. The highest BCUT2D eigenvalue weighted by molar-refractivity contribution is 5.17. The van der Waals surface area contributed by atoms with Crippen LogP contribution in [0, 0.1) is 0 Å². The van der Waals surface area contributed by atoms with Crippen LogP contribution in [0.1, 0.15) is 24.7 Å². The summed E-state index contributed by atoms with van der Waals surface area (Å²) in [4.78, 5) is 7.00. The van der Waals surface area contributed by atoms with Crippen molar-refractivity contribution < 1.29 is 4.74 Å². The molecule has 0 aliphatic carbocycles. The molecule has 1 fully saturated rings. The molecule has 1 aromatic carbocycles. The summed E-state index contributed by atoms with van der Waals surface area (Å²) in [5.74, 6) is 1.12. The van der Waals surface area contributed by atoms with Crippen molar-refractivity contribution >= 4 is 0 Å². The third kappa shape index (κ3) is 3.39. The normalized spacial score (nSPS) is 22.3. The minimum Gasteiger partial charge on any atom is -0.377 e. The molecule has 0 bridgehead atoms. The number of hydrogen-bond acceptors (Lipinski definition) is 3. The fraction of sp³-hybridized carbons (Fsp3) is 0.500. The highest BCUT2D eigenvalue weighted by atomic mass is 16.5. The largest absolute Gasteiger partial charge is 0.377 e. The number of aryl methyl sites for hydroxylation is 1. The highest BCUT2D eigenvalue weighted by Gasteiger charge is 2.35. The first kappa shape index (κ1) is 15.3. The Morgan fingerprint density at radius 3 is 2.77 bits per heavy atom. The van der Waals surface area contributed by atoms with Gasteiger partial charge in [0.1, 0.15) is 5.82 Å². The minimum absolute atomic E-state index is 0.325. The summed E-state index contributed by atoms with van der Waals surface area (Å²) in [6, 6.07) is 11.1. The molecule has 1 saturated heterocycles. The first-order valence-electron chi connectivity index (χ1n) is 8.13. The number of ether oxygens (including phenoxy) is 1. The maximum Gasteiger partial charge on any atom is 0.122 e. The Morgan fingerprint density at radius 1 is 1.27 bits per heavy atom. The van der Waals surface area contributed by atoms with Crippen LogP contribution in [0.5, 0.6) is 0 Å². The molecule has 0 radical (unpaired) electrons. The van der Waals surface area contributed by atoms with Gasteiger partial charge in [-0.3, -0.25) is 4.90 Å². The van der Waals surface area contributed by atoms with E-state index in [1.807, 2.05) is 12.4 Å². The lowest BCUT2D eigenvalue weighted by molar-refractivity contribution is 0.0325. The lowest BCUT2D eigenvalue weighted by Crippen LogP contribution is -2.38. The molecule has 4 nitrogen and oxygen atoms in total. The topological polar surface area (TPSA) is 30.3 Å². The number of likely N-dealkylation sites (tertiary alicyclic amines) is 1. The van der Waals surface area contributed by atoms with Crippen molar-refractivity contribution in [2.24, 2.45) is 7.05 Å². The van der Waals surface area contributed by atoms with E-state index in [0.717, 1.165) is 38.4 Å². The van der Waals surface area contributed by atoms with Crippen molar-refractivity contribution in [2.45, 2.75) is 38.5 Å². The molecular weight excluding hydrogens is 274 g/mol. The molecule has 118 valence electrons. The van der Waals surface area contributed by atoms with E-state index in [1.54, 1.807) is 0 Å². The summed E-state index contributed by atoms with van der Waals surface area (Å²) in [7, 11) is 2.06. The van der Waals surface area contributed by atoms with Gasteiger partial charge in [0.15, 0.2) is 0 Å². The smallest absolute Gasteiger partial charge is 0.122 e. The predicted molar refractivity (Wildman–Crippen MR) is 87.6 cm³/mol. The summed E-state index contributed by atoms with van der Waals surface area (Å²) in [6.45, 7) is 4.84. The van der Waals surface area contributed by atoms with Gasteiger partial charge >= 0.3 is 0 Å². The number of benzene rings is 1. The van der Waals surface area contributed by atoms with Crippen LogP contribution in [0.25, 0.3) is 0 Å². The Labute approximate surface area is 132 Å². The maximum absolute atomic E-state index is 6.00. The first-order chi connectivity index (χ1) is 10.8. The summed E-state index contributed by atoms with van der Waals surface area (Å²) in [5, 5.41) is 0. The Balaban J connectivity index is 1.74. The zero-order chi connectivity index (χ0) is 15.4. The SMILES string of the molecule is CCO[C@@H]1CCN(Cc2nccn2C)[C@@H]1Cc1ccccc1. The second-order valence-corrected chi connectivity index (χ2v) is 5.96. The van der Waals surface area contributed by atoms with Crippen LogP contribution in [0.2, 0.25) is 0 Å². The van der Waals surface area contributed by atoms with Gasteiger partial charge in [-0.25, -0.2) is 4.98 Å². The molecule has 3 rings (SSSR count). The monoisotopic (exact) mass is 299 g/mol. The molecule has 1 aliphatic heterocycles. The van der Waals surface area contributed by atoms with E-state index in [4.69, 9.17) is 4.74 Å². The molecular formula is C18H25N3O. The molecule has 4 heteroatoms. The Kier molecular flexibility index (Phi) is 4.90. The number of rotatable bonds is 6. The predicted octanol–water partition coefficient (Wildman–Crippen LogP) is 2.64. The first-order valence-corrected chi connectivity index (χ1v) is 8.13. The number of aromatic nitrogens is 2. The van der Waals surface area contributed by atoms with Gasteiger partial charge in [0.25, 0.3) is 0 Å². The molecule has 0 amide bonds. The van der Waals surface area contributed by atoms with Crippen molar-refractivity contribution in [3.05, 3.63) is 54.1 Å². The van der Waals surface area contributed by atoms with E-state index in [9.17, 15) is 0 Å². The second kappa shape index (κ2) is 7.07. The van der Waals surface area contributed by atoms with Crippen LogP contribution in [-0.4, -0.2) is 39.7 Å². The zero-order valence-corrected chi connectivity index (χ0v) is 13.5. The lowest BCUT2D eigenvalue weighted by Gasteiger charge is -2.28. The van der Waals surface area contributed by atoms with E-state index < -0.39 is 0 Å². The van der Waals surface area contributed by atoms with E-state index >= 15 is 0 Å². The summed E-state index contributed by atoms with van der Waals surface area (Å²) in [5.41, 5.74) is 1.38. The Bertz CT molecular complexity index is 581. The number of nitrogens with zero attached hydrogens (tertiary/aromatic N) is 3. The Morgan fingerprint density at radius 2 is 2.09 bits per heavy atom. The van der Waals surface area contributed by atoms with Crippen molar-refractivity contribution in [3.63, 3.8) is 0 Å². The molecule has 2 aromatic rings. The van der Waals surface area contributed by atoms with Crippen LogP contribution in [0.3, 0.4) is 0 Å². The van der Waals surface area contributed by atoms with Crippen LogP contribution < -0.4 is 0 Å². The minimum atomic E-state index is 0.325. The van der Waals surface area contributed by atoms with Crippen molar-refractivity contribution in [2.75, 3.05) is 13.2 Å². The third-order valence-electron chi connectivity index (χ3n) is 4.53. The quantitative estimate of drug-likeness (QED) is 0.821. The van der Waals surface area contributed by atoms with E-state index in [-0.39, 0.29) is 0 Å². The molecule has 1 aliphatic rings. The van der Waals surface area contributed by atoms with Crippen LogP contribution in [0.4, 0.5) is 0 Å². The fourth-order valence-corrected chi connectivity index (χ4v) is 3.34. The van der Waals surface area contributed by atoms with E-state index in [2.05, 4.69) is 58.8 Å². The van der Waals surface area contributed by atoms with Crippen molar-refractivity contribution in [1.82, 2.24) is 14.5 Å². The maximum atomic E-state index is 6.00. The van der Waals surface area contributed by atoms with Gasteiger partial charge in [0.2, 0.25) is 0 Å². The molecule has 0 saturated carbocycles. The fourth-order valence-electron chi connectivity index (χ4n) is 3.34. The summed E-state index contributed by atoms with van der Waals surface area (Å²) >= 11 is 0. The zero-order valence-electron chi connectivity index (χ0n) is 13.5. The van der Waals surface area contributed by atoms with Gasteiger partial charge in [-0.15, -0.1) is 0 Å². The van der Waals surface area contributed by atoms with Gasteiger partial charge in [-0.2, -0.15) is 0 Å². The molecule has 22 heavy (non-hydrogen) atoms. The van der Waals surface area contributed by atoms with Crippen LogP contribution in [-0.2, 0) is 24.8 Å². The second-order valence-electron chi connectivity index (χ2n) is 5.96. The summed E-state index contributed by atoms with van der Waals surface area (Å²) < 4.78 is 8.10. The molecule has 0 unspecified atom stereocenters. The van der Waals surface area contributed by atoms with Crippen molar-refractivity contribution in [1.29, 1.82) is 0 Å².